The van der Waals surface area contributed by atoms with Crippen molar-refractivity contribution >= 4 is 28.2 Å². The number of hydrogen-bond donors (Lipinski definition) is 3. The van der Waals surface area contributed by atoms with Crippen LogP contribution in [0.1, 0.15) is 37.2 Å². The molecule has 15 heteroatoms. The predicted molar refractivity (Wildman–Crippen MR) is 94.6 cm³/mol. The van der Waals surface area contributed by atoms with Gasteiger partial charge < -0.3 is 10.0 Å². The Hall–Kier alpha value is -2.75. The Morgan fingerprint density at radius 2 is 2.10 bits per heavy atom. The third kappa shape index (κ3) is 3.64. The molecule has 1 aromatic rings. The normalized spacial score (nSPS) is 22.1. The average molecular weight is 432 g/mol. The van der Waals surface area contributed by atoms with E-state index >= 15 is 0 Å². The van der Waals surface area contributed by atoms with Gasteiger partial charge in [-0.3, -0.25) is 19.1 Å². The Morgan fingerprint density at radius 1 is 1.45 bits per heavy atom. The number of aromatic nitrogens is 2. The number of carbonyl (C=O) groups is 2. The van der Waals surface area contributed by atoms with Crippen LogP contribution in [0, 0.1) is 0 Å². The standard InChI is InChI=1S/C14H20N6O8S/c1-14(2,12(21)22)27-17-11(15-3)10-9-7(5-16-18(9)4)8-6-19(10)13(23)20(8)28-29(24,25)26/h5,8,10H,6H2,1-4H3,(H,15,17)(H,21,22)(H,24,25,26)/t8-,10-/m0/s1. The maximum Gasteiger partial charge on any atom is 0.418 e. The highest BCUT2D eigenvalue weighted by Crippen LogP contribution is 2.44. The molecule has 2 amide bonds. The molecule has 0 spiro atoms. The fraction of sp³-hybridized carbons (Fsp3) is 0.571. The molecule has 0 saturated carbocycles. The SMILES string of the molecule is CN=C(NOC(C)(C)C(=O)O)[C@@H]1c2c(cnn2C)[C@@H]2CN1C(=O)N2OS(=O)(=O)O. The number of rotatable bonds is 6. The highest BCUT2D eigenvalue weighted by molar-refractivity contribution is 7.80. The van der Waals surface area contributed by atoms with Crippen LogP contribution in [0.3, 0.4) is 0 Å². The van der Waals surface area contributed by atoms with Crippen molar-refractivity contribution in [3.8, 4) is 0 Å². The van der Waals surface area contributed by atoms with Gasteiger partial charge in [0.1, 0.15) is 17.9 Å². The third-order valence-electron chi connectivity index (χ3n) is 4.63. The Balaban J connectivity index is 1.99. The zero-order valence-electron chi connectivity index (χ0n) is 15.9. The molecule has 0 aromatic carbocycles. The number of carbonyl (C=O) groups excluding carboxylic acids is 1. The summed E-state index contributed by atoms with van der Waals surface area (Å²) in [6, 6.07) is -2.57. The lowest BCUT2D eigenvalue weighted by Crippen LogP contribution is -2.48. The van der Waals surface area contributed by atoms with Crippen LogP contribution in [0.25, 0.3) is 0 Å². The lowest BCUT2D eigenvalue weighted by atomic mass is 9.97. The summed E-state index contributed by atoms with van der Waals surface area (Å²) in [6.45, 7) is 2.66. The minimum absolute atomic E-state index is 0.0146. The van der Waals surface area contributed by atoms with Gasteiger partial charge in [-0.2, -0.15) is 18.6 Å². The van der Waals surface area contributed by atoms with Crippen LogP contribution in [-0.2, 0) is 31.4 Å². The molecule has 160 valence electrons. The largest absolute Gasteiger partial charge is 0.479 e. The van der Waals surface area contributed by atoms with Crippen LogP contribution >= 0.6 is 0 Å². The number of amides is 2. The summed E-state index contributed by atoms with van der Waals surface area (Å²) >= 11 is 0. The van der Waals surface area contributed by atoms with Crippen molar-refractivity contribution in [2.75, 3.05) is 13.6 Å². The van der Waals surface area contributed by atoms with Gasteiger partial charge in [0, 0.05) is 19.7 Å². The smallest absolute Gasteiger partial charge is 0.418 e. The van der Waals surface area contributed by atoms with E-state index in [1.165, 1.54) is 36.7 Å². The molecule has 2 aliphatic heterocycles. The molecular formula is C14H20N6O8S. The molecule has 0 aliphatic carbocycles. The summed E-state index contributed by atoms with van der Waals surface area (Å²) in [5.74, 6) is -1.14. The molecule has 2 atom stereocenters. The number of urea groups is 1. The second-order valence-corrected chi connectivity index (χ2v) is 7.92. The second kappa shape index (κ2) is 6.94. The molecule has 2 bridgehead atoms. The number of carboxylic acid groups (broad SMARTS) is 1. The van der Waals surface area contributed by atoms with E-state index in [9.17, 15) is 23.1 Å². The number of carboxylic acids is 1. The number of aliphatic carboxylic acids is 1. The van der Waals surface area contributed by atoms with Crippen LogP contribution in [-0.4, -0.2) is 74.9 Å². The van der Waals surface area contributed by atoms with E-state index in [1.54, 1.807) is 7.05 Å². The van der Waals surface area contributed by atoms with E-state index in [0.717, 1.165) is 0 Å². The highest BCUT2D eigenvalue weighted by atomic mass is 32.3. The van der Waals surface area contributed by atoms with Crippen LogP contribution in [0.15, 0.2) is 11.2 Å². The van der Waals surface area contributed by atoms with Crippen molar-refractivity contribution in [1.29, 1.82) is 0 Å². The number of aryl methyl sites for hydroxylation is 1. The summed E-state index contributed by atoms with van der Waals surface area (Å²) < 4.78 is 37.3. The molecular weight excluding hydrogens is 412 g/mol. The van der Waals surface area contributed by atoms with Gasteiger partial charge in [-0.05, 0) is 13.8 Å². The third-order valence-corrected chi connectivity index (χ3v) is 4.98. The number of fused-ring (bicyclic) bond motifs is 4. The van der Waals surface area contributed by atoms with Crippen molar-refractivity contribution in [3.05, 3.63) is 17.5 Å². The first-order valence-electron chi connectivity index (χ1n) is 8.30. The van der Waals surface area contributed by atoms with Gasteiger partial charge in [-0.25, -0.2) is 15.1 Å². The number of hydroxylamine groups is 3. The summed E-state index contributed by atoms with van der Waals surface area (Å²) in [5.41, 5.74) is 1.86. The van der Waals surface area contributed by atoms with Gasteiger partial charge in [-0.15, -0.1) is 4.28 Å². The topological polar surface area (TPSA) is 176 Å². The highest BCUT2D eigenvalue weighted by Gasteiger charge is 2.53. The van der Waals surface area contributed by atoms with Gasteiger partial charge in [0.25, 0.3) is 0 Å². The van der Waals surface area contributed by atoms with Crippen LogP contribution < -0.4 is 5.48 Å². The minimum Gasteiger partial charge on any atom is -0.479 e. The lowest BCUT2D eigenvalue weighted by molar-refractivity contribution is -0.166. The summed E-state index contributed by atoms with van der Waals surface area (Å²) in [4.78, 5) is 34.6. The number of nitrogens with one attached hydrogen (secondary N) is 1. The quantitative estimate of drug-likeness (QED) is 0.228. The maximum absolute atomic E-state index is 12.8. The predicted octanol–water partition coefficient (Wildman–Crippen LogP) is -0.599. The first-order chi connectivity index (χ1) is 13.4. The van der Waals surface area contributed by atoms with Crippen LogP contribution in [0.4, 0.5) is 4.79 Å². The fourth-order valence-corrected chi connectivity index (χ4v) is 3.52. The first kappa shape index (κ1) is 21.0. The molecule has 29 heavy (non-hydrogen) atoms. The van der Waals surface area contributed by atoms with Gasteiger partial charge in [0.15, 0.2) is 5.60 Å². The number of amidine groups is 1. The number of aliphatic imine (C=N–C) groups is 1. The zero-order valence-corrected chi connectivity index (χ0v) is 16.7. The maximum atomic E-state index is 12.8. The molecule has 0 unspecified atom stereocenters. The Morgan fingerprint density at radius 3 is 2.66 bits per heavy atom. The van der Waals surface area contributed by atoms with E-state index in [-0.39, 0.29) is 12.4 Å². The molecule has 3 heterocycles. The van der Waals surface area contributed by atoms with Crippen molar-refractivity contribution < 1.29 is 36.8 Å². The van der Waals surface area contributed by atoms with Crippen molar-refractivity contribution in [2.24, 2.45) is 12.0 Å². The zero-order chi connectivity index (χ0) is 21.7. The summed E-state index contributed by atoms with van der Waals surface area (Å²) in [6.07, 6.45) is 1.44. The van der Waals surface area contributed by atoms with Gasteiger partial charge in [-0.1, -0.05) is 0 Å². The Labute approximate surface area is 165 Å². The van der Waals surface area contributed by atoms with E-state index in [2.05, 4.69) is 19.9 Å². The van der Waals surface area contributed by atoms with Gasteiger partial charge >= 0.3 is 22.4 Å². The van der Waals surface area contributed by atoms with Crippen molar-refractivity contribution in [2.45, 2.75) is 31.5 Å². The molecule has 1 fully saturated rings. The van der Waals surface area contributed by atoms with E-state index in [4.69, 9.17) is 9.39 Å². The van der Waals surface area contributed by atoms with Crippen molar-refractivity contribution in [1.82, 2.24) is 25.2 Å². The second-order valence-electron chi connectivity index (χ2n) is 6.92. The molecule has 2 aliphatic rings. The number of nitrogens with zero attached hydrogens (tertiary/aromatic N) is 5. The molecule has 0 radical (unpaired) electrons. The average Bonchev–Trinajstić information content (AvgIpc) is 3.11. The van der Waals surface area contributed by atoms with E-state index in [0.29, 0.717) is 16.3 Å². The van der Waals surface area contributed by atoms with E-state index < -0.39 is 40.1 Å². The van der Waals surface area contributed by atoms with Crippen molar-refractivity contribution in [3.63, 3.8) is 0 Å². The monoisotopic (exact) mass is 432 g/mol. The molecule has 3 rings (SSSR count). The lowest BCUT2D eigenvalue weighted by Gasteiger charge is -2.33. The minimum atomic E-state index is -4.94. The first-order valence-corrected chi connectivity index (χ1v) is 9.66. The molecule has 1 aromatic heterocycles. The fourth-order valence-electron chi connectivity index (χ4n) is 3.15. The van der Waals surface area contributed by atoms with E-state index in [1.807, 2.05) is 0 Å². The molecule has 14 nitrogen and oxygen atoms in total. The molecule has 1 saturated heterocycles. The Kier molecular flexibility index (Phi) is 5.02. The van der Waals surface area contributed by atoms with Crippen LogP contribution in [0.2, 0.25) is 0 Å². The number of hydrogen-bond acceptors (Lipinski definition) is 8. The summed E-state index contributed by atoms with van der Waals surface area (Å²) in [5, 5.41) is 13.9. The molecule has 3 N–H and O–H groups in total. The Bertz CT molecular complexity index is 986. The van der Waals surface area contributed by atoms with Crippen LogP contribution in [0.5, 0.6) is 0 Å². The summed E-state index contributed by atoms with van der Waals surface area (Å²) in [7, 11) is -1.91. The van der Waals surface area contributed by atoms with Gasteiger partial charge in [0.05, 0.1) is 18.4 Å². The van der Waals surface area contributed by atoms with Gasteiger partial charge in [0.2, 0.25) is 0 Å².